The number of halogens is 1. The van der Waals surface area contributed by atoms with Crippen molar-refractivity contribution >= 4 is 33.9 Å². The molecule has 2 N–H and O–H groups in total. The summed E-state index contributed by atoms with van der Waals surface area (Å²) in [5.74, 6) is 1.05. The fourth-order valence-corrected chi connectivity index (χ4v) is 3.88. The number of nitrogens with one attached hydrogen (secondary N) is 2. The number of aromatic nitrogens is 6. The van der Waals surface area contributed by atoms with Gasteiger partial charge in [-0.05, 0) is 24.3 Å². The minimum Gasteiger partial charge on any atom is -0.378 e. The van der Waals surface area contributed by atoms with E-state index < -0.39 is 0 Å². The maximum Gasteiger partial charge on any atom is 0.180 e. The summed E-state index contributed by atoms with van der Waals surface area (Å²) in [5.41, 5.74) is 2.99. The van der Waals surface area contributed by atoms with Crippen LogP contribution in [0.5, 0.6) is 0 Å². The molecule has 0 saturated carbocycles. The van der Waals surface area contributed by atoms with Crippen LogP contribution in [0.3, 0.4) is 0 Å². The highest BCUT2D eigenvalue weighted by Gasteiger charge is 2.15. The first-order valence-corrected chi connectivity index (χ1v) is 10.3. The zero-order valence-corrected chi connectivity index (χ0v) is 17.0. The van der Waals surface area contributed by atoms with Crippen molar-refractivity contribution in [2.24, 2.45) is 0 Å². The first-order valence-electron chi connectivity index (χ1n) is 10.3. The van der Waals surface area contributed by atoms with Crippen molar-refractivity contribution in [1.82, 2.24) is 29.5 Å². The molecule has 0 atom stereocenters. The number of ether oxygens (including phenoxy) is 1. The van der Waals surface area contributed by atoms with Gasteiger partial charge in [-0.15, -0.1) is 0 Å². The second-order valence-electron chi connectivity index (χ2n) is 7.55. The molecule has 0 amide bonds. The lowest BCUT2D eigenvalue weighted by molar-refractivity contribution is 0.122. The first-order chi connectivity index (χ1) is 15.7. The molecule has 0 radical (unpaired) electrons. The van der Waals surface area contributed by atoms with Gasteiger partial charge in [-0.3, -0.25) is 5.10 Å². The molecule has 1 fully saturated rings. The summed E-state index contributed by atoms with van der Waals surface area (Å²) in [6, 6.07) is 7.08. The van der Waals surface area contributed by atoms with Gasteiger partial charge in [0.25, 0.3) is 0 Å². The number of nitrogens with zero attached hydrogens (tertiary/aromatic N) is 6. The Bertz CT molecular complexity index is 1410. The van der Waals surface area contributed by atoms with Gasteiger partial charge in [-0.2, -0.15) is 5.10 Å². The summed E-state index contributed by atoms with van der Waals surface area (Å²) in [4.78, 5) is 15.8. The Labute approximate surface area is 181 Å². The van der Waals surface area contributed by atoms with Gasteiger partial charge in [0.15, 0.2) is 11.5 Å². The predicted octanol–water partition coefficient (Wildman–Crippen LogP) is 3.39. The van der Waals surface area contributed by atoms with Gasteiger partial charge >= 0.3 is 0 Å². The quantitative estimate of drug-likeness (QED) is 0.451. The van der Waals surface area contributed by atoms with E-state index in [1.165, 1.54) is 6.07 Å². The van der Waals surface area contributed by atoms with E-state index in [0.29, 0.717) is 41.3 Å². The third-order valence-corrected chi connectivity index (χ3v) is 5.52. The largest absolute Gasteiger partial charge is 0.378 e. The van der Waals surface area contributed by atoms with Gasteiger partial charge in [0.2, 0.25) is 0 Å². The molecule has 0 spiro atoms. The van der Waals surface area contributed by atoms with Crippen molar-refractivity contribution in [3.05, 3.63) is 61.1 Å². The molecular formula is C22H19FN8O. The number of hydrogen-bond donors (Lipinski definition) is 2. The van der Waals surface area contributed by atoms with Crippen LogP contribution in [0.25, 0.3) is 27.8 Å². The fourth-order valence-electron chi connectivity index (χ4n) is 3.88. The zero-order chi connectivity index (χ0) is 21.5. The Balaban J connectivity index is 1.36. The number of morpholine rings is 1. The number of fused-ring (bicyclic) bond motifs is 2. The molecule has 1 aliphatic heterocycles. The minimum atomic E-state index is -0.367. The summed E-state index contributed by atoms with van der Waals surface area (Å²) in [6.45, 7) is 3.06. The van der Waals surface area contributed by atoms with Crippen LogP contribution in [0.1, 0.15) is 0 Å². The average Bonchev–Trinajstić information content (AvgIpc) is 3.48. The van der Waals surface area contributed by atoms with E-state index in [-0.39, 0.29) is 5.82 Å². The van der Waals surface area contributed by atoms with E-state index in [1.54, 1.807) is 37.1 Å². The molecule has 0 bridgehead atoms. The number of benzene rings is 1. The maximum absolute atomic E-state index is 14.8. The predicted molar refractivity (Wildman–Crippen MR) is 119 cm³/mol. The molecule has 10 heteroatoms. The smallest absolute Gasteiger partial charge is 0.180 e. The highest BCUT2D eigenvalue weighted by atomic mass is 19.1. The second-order valence-corrected chi connectivity index (χ2v) is 7.55. The number of rotatable bonds is 4. The third kappa shape index (κ3) is 3.30. The summed E-state index contributed by atoms with van der Waals surface area (Å²) in [6.07, 6.45) is 8.59. The van der Waals surface area contributed by atoms with Crippen molar-refractivity contribution in [1.29, 1.82) is 0 Å². The topological polar surface area (TPSA) is 96.3 Å². The fraction of sp³-hybridized carbons (Fsp3) is 0.182. The van der Waals surface area contributed by atoms with E-state index in [0.717, 1.165) is 30.1 Å². The van der Waals surface area contributed by atoms with E-state index in [1.807, 2.05) is 16.5 Å². The van der Waals surface area contributed by atoms with Gasteiger partial charge in [-0.25, -0.2) is 19.3 Å². The standard InChI is InChI=1S/C22H19FN8O/c23-17-9-14-11-26-29-18(14)10-16(17)19-13-31-4-3-24-22(31)21(28-19)27-15-1-2-20(25-12-15)30-5-7-32-8-6-30/h1-4,9-13H,5-8H2,(H,26,29)(H,27,28). The van der Waals surface area contributed by atoms with E-state index in [9.17, 15) is 4.39 Å². The first kappa shape index (κ1) is 18.7. The molecule has 5 heterocycles. The summed E-state index contributed by atoms with van der Waals surface area (Å²) < 4.78 is 22.1. The lowest BCUT2D eigenvalue weighted by Crippen LogP contribution is -2.36. The van der Waals surface area contributed by atoms with Crippen molar-refractivity contribution in [2.75, 3.05) is 36.5 Å². The maximum atomic E-state index is 14.8. The molecule has 6 rings (SSSR count). The number of imidazole rings is 1. The van der Waals surface area contributed by atoms with Crippen LogP contribution in [0.2, 0.25) is 0 Å². The summed E-state index contributed by atoms with van der Waals surface area (Å²) in [5, 5.41) is 10.8. The molecule has 32 heavy (non-hydrogen) atoms. The lowest BCUT2D eigenvalue weighted by Gasteiger charge is -2.27. The minimum absolute atomic E-state index is 0.367. The van der Waals surface area contributed by atoms with Crippen LogP contribution >= 0.6 is 0 Å². The monoisotopic (exact) mass is 430 g/mol. The summed E-state index contributed by atoms with van der Waals surface area (Å²) in [7, 11) is 0. The van der Waals surface area contributed by atoms with Crippen molar-refractivity contribution in [3.8, 4) is 11.3 Å². The average molecular weight is 430 g/mol. The van der Waals surface area contributed by atoms with Crippen molar-refractivity contribution in [2.45, 2.75) is 0 Å². The van der Waals surface area contributed by atoms with Crippen LogP contribution in [-0.4, -0.2) is 55.9 Å². The van der Waals surface area contributed by atoms with E-state index in [2.05, 4.69) is 35.4 Å². The Morgan fingerprint density at radius 3 is 2.84 bits per heavy atom. The molecule has 1 aromatic carbocycles. The lowest BCUT2D eigenvalue weighted by atomic mass is 10.1. The van der Waals surface area contributed by atoms with Gasteiger partial charge in [0.05, 0.1) is 42.5 Å². The third-order valence-electron chi connectivity index (χ3n) is 5.52. The van der Waals surface area contributed by atoms with Gasteiger partial charge in [0, 0.05) is 42.6 Å². The highest BCUT2D eigenvalue weighted by Crippen LogP contribution is 2.29. The van der Waals surface area contributed by atoms with Gasteiger partial charge < -0.3 is 19.4 Å². The molecular weight excluding hydrogens is 411 g/mol. The van der Waals surface area contributed by atoms with E-state index >= 15 is 0 Å². The number of aromatic amines is 1. The van der Waals surface area contributed by atoms with Crippen molar-refractivity contribution < 1.29 is 9.13 Å². The Kier molecular flexibility index (Phi) is 4.43. The van der Waals surface area contributed by atoms with Crippen LogP contribution in [-0.2, 0) is 4.74 Å². The van der Waals surface area contributed by atoms with Gasteiger partial charge in [0.1, 0.15) is 11.6 Å². The molecule has 1 saturated heterocycles. The zero-order valence-electron chi connectivity index (χ0n) is 17.0. The van der Waals surface area contributed by atoms with Crippen LogP contribution < -0.4 is 10.2 Å². The Morgan fingerprint density at radius 2 is 2.00 bits per heavy atom. The van der Waals surface area contributed by atoms with Crippen LogP contribution in [0.15, 0.2) is 55.2 Å². The second kappa shape index (κ2) is 7.57. The molecule has 1 aliphatic rings. The molecule has 5 aromatic rings. The van der Waals surface area contributed by atoms with E-state index in [4.69, 9.17) is 4.74 Å². The Morgan fingerprint density at radius 1 is 1.09 bits per heavy atom. The number of hydrogen-bond acceptors (Lipinski definition) is 7. The number of anilines is 3. The Hall–Kier alpha value is -4.05. The highest BCUT2D eigenvalue weighted by molar-refractivity contribution is 5.84. The normalized spacial score (nSPS) is 14.3. The number of H-pyrrole nitrogens is 1. The number of pyridine rings is 1. The summed E-state index contributed by atoms with van der Waals surface area (Å²) >= 11 is 0. The van der Waals surface area contributed by atoms with Gasteiger partial charge in [-0.1, -0.05) is 0 Å². The van der Waals surface area contributed by atoms with Crippen molar-refractivity contribution in [3.63, 3.8) is 0 Å². The molecule has 0 aliphatic carbocycles. The SMILES string of the molecule is Fc1cc2cn[nH]c2cc1-c1cn2ccnc2c(Nc2ccc(N3CCOCC3)nc2)n1. The molecule has 0 unspecified atom stereocenters. The molecule has 4 aromatic heterocycles. The molecule has 160 valence electrons. The van der Waals surface area contributed by atoms with Crippen LogP contribution in [0.4, 0.5) is 21.7 Å². The van der Waals surface area contributed by atoms with Crippen LogP contribution in [0, 0.1) is 5.82 Å². The molecule has 9 nitrogen and oxygen atoms in total.